The number of hydrogen-bond acceptors (Lipinski definition) is 2. The second-order valence-corrected chi connectivity index (χ2v) is 13.5. The predicted octanol–water partition coefficient (Wildman–Crippen LogP) is 13.8. The summed E-state index contributed by atoms with van der Waals surface area (Å²) in [6, 6.07) is 64.4. The number of hydrogen-bond donors (Lipinski definition) is 0. The van der Waals surface area contributed by atoms with Crippen LogP contribution < -0.4 is 4.90 Å². The standard InChI is InChI=1S/C46H29NS/c1-2-13-34(14-3-1)47(42-29-33-12-5-7-16-38(33)45-41-17-8-9-20-43(41)48-46(42)45)35-26-23-31(24-27-35)36-18-10-19-40-39(36)28-25-32-22-21-30-11-4-6-15-37(30)44(32)40/h1-29H. The van der Waals surface area contributed by atoms with Gasteiger partial charge in [0.25, 0.3) is 0 Å². The molecule has 0 aliphatic carbocycles. The molecule has 0 radical (unpaired) electrons. The zero-order valence-electron chi connectivity index (χ0n) is 26.1. The van der Waals surface area contributed by atoms with E-state index in [-0.39, 0.29) is 0 Å². The van der Waals surface area contributed by atoms with Gasteiger partial charge in [0, 0.05) is 26.8 Å². The third kappa shape index (κ3) is 4.17. The largest absolute Gasteiger partial charge is 0.309 e. The van der Waals surface area contributed by atoms with Crippen LogP contribution in [0, 0.1) is 0 Å². The molecule has 0 unspecified atom stereocenters. The Morgan fingerprint density at radius 2 is 1.00 bits per heavy atom. The van der Waals surface area contributed by atoms with Crippen molar-refractivity contribution in [2.75, 3.05) is 4.90 Å². The molecule has 10 aromatic rings. The van der Waals surface area contributed by atoms with Gasteiger partial charge < -0.3 is 4.90 Å². The summed E-state index contributed by atoms with van der Waals surface area (Å²) >= 11 is 1.88. The molecule has 10 rings (SSSR count). The van der Waals surface area contributed by atoms with Crippen molar-refractivity contribution < 1.29 is 0 Å². The van der Waals surface area contributed by atoms with Crippen LogP contribution in [-0.2, 0) is 0 Å². The van der Waals surface area contributed by atoms with Crippen LogP contribution >= 0.6 is 11.3 Å². The highest BCUT2D eigenvalue weighted by atomic mass is 32.1. The first kappa shape index (κ1) is 27.2. The normalized spacial score (nSPS) is 11.8. The fraction of sp³-hybridized carbons (Fsp3) is 0. The molecule has 1 aromatic heterocycles. The van der Waals surface area contributed by atoms with Crippen LogP contribution in [0.3, 0.4) is 0 Å². The number of anilines is 3. The van der Waals surface area contributed by atoms with Gasteiger partial charge >= 0.3 is 0 Å². The van der Waals surface area contributed by atoms with Crippen LogP contribution in [-0.4, -0.2) is 0 Å². The fourth-order valence-corrected chi connectivity index (χ4v) is 8.86. The Bertz CT molecular complexity index is 2830. The average Bonchev–Trinajstić information content (AvgIpc) is 3.55. The fourth-order valence-electron chi connectivity index (χ4n) is 7.63. The molecule has 0 aliphatic heterocycles. The first-order chi connectivity index (χ1) is 23.8. The van der Waals surface area contributed by atoms with Gasteiger partial charge in [-0.2, -0.15) is 0 Å². The van der Waals surface area contributed by atoms with Crippen LogP contribution in [0.2, 0.25) is 0 Å². The van der Waals surface area contributed by atoms with Gasteiger partial charge in [-0.15, -0.1) is 11.3 Å². The van der Waals surface area contributed by atoms with Gasteiger partial charge in [0.15, 0.2) is 0 Å². The molecule has 48 heavy (non-hydrogen) atoms. The minimum atomic E-state index is 1.13. The summed E-state index contributed by atoms with van der Waals surface area (Å²) in [6.45, 7) is 0. The minimum Gasteiger partial charge on any atom is -0.309 e. The molecule has 9 aromatic carbocycles. The maximum Gasteiger partial charge on any atom is 0.0646 e. The Kier molecular flexibility index (Phi) is 6.12. The Hall–Kier alpha value is -5.96. The van der Waals surface area contributed by atoms with E-state index in [1.54, 1.807) is 0 Å². The minimum absolute atomic E-state index is 1.13. The van der Waals surface area contributed by atoms with Gasteiger partial charge in [-0.25, -0.2) is 0 Å². The van der Waals surface area contributed by atoms with Gasteiger partial charge in [0.1, 0.15) is 0 Å². The molecule has 0 N–H and O–H groups in total. The first-order valence-corrected chi connectivity index (χ1v) is 17.3. The average molecular weight is 628 g/mol. The third-order valence-electron chi connectivity index (χ3n) is 9.81. The number of rotatable bonds is 4. The molecule has 0 amide bonds. The maximum atomic E-state index is 2.43. The van der Waals surface area contributed by atoms with Crippen LogP contribution in [0.1, 0.15) is 0 Å². The van der Waals surface area contributed by atoms with Crippen molar-refractivity contribution in [1.29, 1.82) is 0 Å². The van der Waals surface area contributed by atoms with E-state index >= 15 is 0 Å². The molecule has 0 saturated heterocycles. The molecule has 0 spiro atoms. The lowest BCUT2D eigenvalue weighted by molar-refractivity contribution is 1.30. The summed E-state index contributed by atoms with van der Waals surface area (Å²) in [7, 11) is 0. The lowest BCUT2D eigenvalue weighted by Crippen LogP contribution is -2.10. The Balaban J connectivity index is 1.17. The van der Waals surface area contributed by atoms with Crippen LogP contribution in [0.5, 0.6) is 0 Å². The van der Waals surface area contributed by atoms with E-state index in [0.717, 1.165) is 11.4 Å². The second-order valence-electron chi connectivity index (χ2n) is 12.5. The van der Waals surface area contributed by atoms with Gasteiger partial charge in [-0.3, -0.25) is 0 Å². The van der Waals surface area contributed by atoms with E-state index in [1.807, 2.05) is 11.3 Å². The summed E-state index contributed by atoms with van der Waals surface area (Å²) in [5.74, 6) is 0. The van der Waals surface area contributed by atoms with Crippen molar-refractivity contribution in [3.05, 3.63) is 176 Å². The third-order valence-corrected chi connectivity index (χ3v) is 11.0. The van der Waals surface area contributed by atoms with Crippen molar-refractivity contribution in [3.63, 3.8) is 0 Å². The molecular weight excluding hydrogens is 599 g/mol. The highest BCUT2D eigenvalue weighted by Gasteiger charge is 2.20. The lowest BCUT2D eigenvalue weighted by Gasteiger charge is -2.27. The second kappa shape index (κ2) is 10.8. The summed E-state index contributed by atoms with van der Waals surface area (Å²) in [4.78, 5) is 2.43. The maximum absolute atomic E-state index is 2.43. The van der Waals surface area contributed by atoms with Gasteiger partial charge in [-0.1, -0.05) is 140 Å². The van der Waals surface area contributed by atoms with Crippen molar-refractivity contribution in [2.24, 2.45) is 0 Å². The molecule has 1 heterocycles. The van der Waals surface area contributed by atoms with Crippen molar-refractivity contribution in [1.82, 2.24) is 0 Å². The van der Waals surface area contributed by atoms with E-state index in [1.165, 1.54) is 80.1 Å². The van der Waals surface area contributed by atoms with Crippen LogP contribution in [0.15, 0.2) is 176 Å². The zero-order valence-corrected chi connectivity index (χ0v) is 26.9. The van der Waals surface area contributed by atoms with Gasteiger partial charge in [-0.05, 0) is 90.6 Å². The van der Waals surface area contributed by atoms with E-state index < -0.39 is 0 Å². The topological polar surface area (TPSA) is 3.24 Å². The smallest absolute Gasteiger partial charge is 0.0646 e. The van der Waals surface area contributed by atoms with Crippen molar-refractivity contribution in [2.45, 2.75) is 0 Å². The number of thiophene rings is 1. The van der Waals surface area contributed by atoms with Gasteiger partial charge in [0.2, 0.25) is 0 Å². The van der Waals surface area contributed by atoms with Crippen molar-refractivity contribution >= 4 is 91.7 Å². The predicted molar refractivity (Wildman–Crippen MR) is 209 cm³/mol. The number of para-hydroxylation sites is 1. The molecular formula is C46H29NS. The highest BCUT2D eigenvalue weighted by molar-refractivity contribution is 7.26. The molecule has 0 bridgehead atoms. The Labute approximate surface area is 282 Å². The first-order valence-electron chi connectivity index (χ1n) is 16.4. The van der Waals surface area contributed by atoms with E-state index in [9.17, 15) is 0 Å². The SMILES string of the molecule is c1ccc(N(c2ccc(-c3cccc4c3ccc3ccc5ccccc5c34)cc2)c2cc3ccccc3c3c2sc2ccccc23)cc1. The molecule has 224 valence electrons. The van der Waals surface area contributed by atoms with E-state index in [4.69, 9.17) is 0 Å². The number of benzene rings is 9. The monoisotopic (exact) mass is 627 g/mol. The Morgan fingerprint density at radius 1 is 0.375 bits per heavy atom. The Morgan fingerprint density at radius 3 is 1.83 bits per heavy atom. The number of nitrogens with zero attached hydrogens (tertiary/aromatic N) is 1. The zero-order chi connectivity index (χ0) is 31.6. The van der Waals surface area contributed by atoms with E-state index in [0.29, 0.717) is 0 Å². The summed E-state index contributed by atoms with van der Waals surface area (Å²) < 4.78 is 2.61. The van der Waals surface area contributed by atoms with Crippen LogP contribution in [0.25, 0.3) is 74.4 Å². The lowest BCUT2D eigenvalue weighted by atomic mass is 9.92. The van der Waals surface area contributed by atoms with Gasteiger partial charge in [0.05, 0.1) is 10.4 Å². The molecule has 0 fully saturated rings. The van der Waals surface area contributed by atoms with Crippen LogP contribution in [0.4, 0.5) is 17.1 Å². The molecule has 0 atom stereocenters. The highest BCUT2D eigenvalue weighted by Crippen LogP contribution is 2.48. The molecule has 2 heteroatoms. The number of fused-ring (bicyclic) bond motifs is 10. The summed E-state index contributed by atoms with van der Waals surface area (Å²) in [5, 5.41) is 12.9. The summed E-state index contributed by atoms with van der Waals surface area (Å²) in [5.41, 5.74) is 5.94. The molecule has 0 saturated carbocycles. The summed E-state index contributed by atoms with van der Waals surface area (Å²) in [6.07, 6.45) is 0. The van der Waals surface area contributed by atoms with Crippen molar-refractivity contribution in [3.8, 4) is 11.1 Å². The molecule has 0 aliphatic rings. The van der Waals surface area contributed by atoms with E-state index in [2.05, 4.69) is 181 Å². The quantitative estimate of drug-likeness (QED) is 0.176. The molecule has 1 nitrogen and oxygen atoms in total.